The van der Waals surface area contributed by atoms with Gasteiger partial charge in [0.05, 0.1) is 22.2 Å². The van der Waals surface area contributed by atoms with Crippen LogP contribution in [0.3, 0.4) is 0 Å². The second-order valence-corrected chi connectivity index (χ2v) is 9.03. The molecule has 0 unspecified atom stereocenters. The molecule has 4 rings (SSSR count). The fraction of sp³-hybridized carbons (Fsp3) is 0.174. The average molecular weight is 470 g/mol. The Kier molecular flexibility index (Phi) is 6.46. The number of aromatic nitrogens is 2. The number of carbonyl (C=O) groups excluding carboxylic acids is 1. The number of ether oxygens (including phenoxy) is 1. The monoisotopic (exact) mass is 469 g/mol. The van der Waals surface area contributed by atoms with Crippen molar-refractivity contribution in [1.29, 1.82) is 0 Å². The molecule has 1 saturated heterocycles. The van der Waals surface area contributed by atoms with Gasteiger partial charge in [0, 0.05) is 24.4 Å². The molecular formula is C23H20ClN3O2S2. The van der Waals surface area contributed by atoms with Crippen LogP contribution in [0.4, 0.5) is 0 Å². The molecule has 5 nitrogen and oxygen atoms in total. The summed E-state index contributed by atoms with van der Waals surface area (Å²) in [6.45, 7) is 2.65. The molecule has 0 saturated carbocycles. The van der Waals surface area contributed by atoms with Crippen LogP contribution in [0.1, 0.15) is 18.9 Å². The highest BCUT2D eigenvalue weighted by atomic mass is 35.5. The average Bonchev–Trinajstić information content (AvgIpc) is 3.30. The molecule has 1 aliphatic heterocycles. The Labute approximate surface area is 195 Å². The molecule has 1 aromatic heterocycles. The van der Waals surface area contributed by atoms with Crippen LogP contribution in [-0.2, 0) is 4.79 Å². The first-order chi connectivity index (χ1) is 15.0. The third kappa shape index (κ3) is 4.54. The Hall–Kier alpha value is -2.61. The minimum absolute atomic E-state index is 0.116. The van der Waals surface area contributed by atoms with E-state index < -0.39 is 0 Å². The molecule has 0 bridgehead atoms. The predicted octanol–water partition coefficient (Wildman–Crippen LogP) is 5.81. The highest BCUT2D eigenvalue weighted by Crippen LogP contribution is 2.36. The van der Waals surface area contributed by atoms with E-state index in [-0.39, 0.29) is 5.91 Å². The fourth-order valence-corrected chi connectivity index (χ4v) is 4.50. The molecule has 1 amide bonds. The first kappa shape index (κ1) is 21.6. The van der Waals surface area contributed by atoms with Crippen molar-refractivity contribution in [3.8, 4) is 22.7 Å². The van der Waals surface area contributed by atoms with Crippen LogP contribution in [0, 0.1) is 0 Å². The van der Waals surface area contributed by atoms with Crippen molar-refractivity contribution in [2.24, 2.45) is 0 Å². The maximum absolute atomic E-state index is 12.5. The summed E-state index contributed by atoms with van der Waals surface area (Å²) in [6, 6.07) is 15.4. The van der Waals surface area contributed by atoms with Gasteiger partial charge in [0.25, 0.3) is 5.91 Å². The molecule has 31 heavy (non-hydrogen) atoms. The third-order valence-corrected chi connectivity index (χ3v) is 6.48. The number of nitrogens with zero attached hydrogens (tertiary/aromatic N) is 3. The van der Waals surface area contributed by atoms with Crippen molar-refractivity contribution in [2.75, 3.05) is 13.7 Å². The van der Waals surface area contributed by atoms with Gasteiger partial charge in [-0.05, 0) is 42.8 Å². The van der Waals surface area contributed by atoms with E-state index in [4.69, 9.17) is 33.7 Å². The van der Waals surface area contributed by atoms with E-state index in [0.29, 0.717) is 32.3 Å². The first-order valence-corrected chi connectivity index (χ1v) is 11.4. The van der Waals surface area contributed by atoms with Crippen LogP contribution < -0.4 is 4.74 Å². The van der Waals surface area contributed by atoms with Crippen LogP contribution in [0.15, 0.2) is 59.6 Å². The molecule has 0 radical (unpaired) electrons. The van der Waals surface area contributed by atoms with E-state index in [9.17, 15) is 4.79 Å². The molecule has 2 aromatic carbocycles. The maximum atomic E-state index is 12.5. The number of thioether (sulfide) groups is 1. The lowest BCUT2D eigenvalue weighted by Gasteiger charge is -2.08. The normalized spacial score (nSPS) is 15.2. The van der Waals surface area contributed by atoms with Crippen molar-refractivity contribution >= 4 is 51.9 Å². The number of hydrogen-bond acceptors (Lipinski definition) is 5. The number of halogens is 1. The summed E-state index contributed by atoms with van der Waals surface area (Å²) in [6.07, 6.45) is 4.64. The van der Waals surface area contributed by atoms with Crippen LogP contribution in [0.5, 0.6) is 5.75 Å². The lowest BCUT2D eigenvalue weighted by molar-refractivity contribution is -0.121. The van der Waals surface area contributed by atoms with Crippen molar-refractivity contribution in [3.05, 3.63) is 70.2 Å². The molecule has 3 aromatic rings. The quantitative estimate of drug-likeness (QED) is 0.336. The van der Waals surface area contributed by atoms with Gasteiger partial charge in [0.1, 0.15) is 15.8 Å². The van der Waals surface area contributed by atoms with Crippen LogP contribution in [-0.4, -0.2) is 38.6 Å². The summed E-state index contributed by atoms with van der Waals surface area (Å²) in [4.78, 5) is 14.6. The minimum Gasteiger partial charge on any atom is -0.492 e. The number of thiocarbonyl (C=S) groups is 1. The first-order valence-electron chi connectivity index (χ1n) is 9.77. The topological polar surface area (TPSA) is 47.4 Å². The van der Waals surface area contributed by atoms with Gasteiger partial charge >= 0.3 is 0 Å². The summed E-state index contributed by atoms with van der Waals surface area (Å²) >= 11 is 13.0. The van der Waals surface area contributed by atoms with Crippen molar-refractivity contribution in [2.45, 2.75) is 13.3 Å². The summed E-state index contributed by atoms with van der Waals surface area (Å²) in [5.41, 5.74) is 3.27. The largest absolute Gasteiger partial charge is 0.492 e. The zero-order valence-electron chi connectivity index (χ0n) is 17.0. The van der Waals surface area contributed by atoms with Gasteiger partial charge < -0.3 is 4.74 Å². The van der Waals surface area contributed by atoms with E-state index in [1.807, 2.05) is 67.7 Å². The smallest absolute Gasteiger partial charge is 0.265 e. The van der Waals surface area contributed by atoms with Gasteiger partial charge in [-0.15, -0.1) is 0 Å². The molecule has 158 valence electrons. The highest BCUT2D eigenvalue weighted by Gasteiger charge is 2.29. The van der Waals surface area contributed by atoms with Crippen LogP contribution >= 0.6 is 35.6 Å². The van der Waals surface area contributed by atoms with Gasteiger partial charge in [0.2, 0.25) is 0 Å². The van der Waals surface area contributed by atoms with Crippen LogP contribution in [0.2, 0.25) is 5.02 Å². The Morgan fingerprint density at radius 2 is 2.00 bits per heavy atom. The number of carbonyl (C=O) groups is 1. The van der Waals surface area contributed by atoms with Crippen LogP contribution in [0.25, 0.3) is 23.0 Å². The molecule has 8 heteroatoms. The van der Waals surface area contributed by atoms with E-state index in [1.54, 1.807) is 11.7 Å². The summed E-state index contributed by atoms with van der Waals surface area (Å²) in [5, 5.41) is 5.31. The minimum atomic E-state index is -0.116. The third-order valence-electron chi connectivity index (χ3n) is 4.70. The molecule has 1 aliphatic rings. The molecule has 0 spiro atoms. The van der Waals surface area contributed by atoms with Gasteiger partial charge in [-0.2, -0.15) is 5.10 Å². The van der Waals surface area contributed by atoms with Crippen molar-refractivity contribution in [1.82, 2.24) is 14.7 Å². The molecular weight excluding hydrogens is 450 g/mol. The molecule has 0 N–H and O–H groups in total. The number of hydrogen-bond donors (Lipinski definition) is 0. The molecule has 1 fully saturated rings. The zero-order valence-corrected chi connectivity index (χ0v) is 19.4. The Morgan fingerprint density at radius 1 is 1.23 bits per heavy atom. The second kappa shape index (κ2) is 9.26. The summed E-state index contributed by atoms with van der Waals surface area (Å²) in [7, 11) is 1.68. The molecule has 2 heterocycles. The SMILES string of the molecule is CCCOc1ccc(-c2nn(-c3ccccc3)cc2C=C2SC(=S)N(C)C2=O)cc1Cl. The van der Waals surface area contributed by atoms with Crippen molar-refractivity contribution < 1.29 is 9.53 Å². The lowest BCUT2D eigenvalue weighted by Crippen LogP contribution is -2.22. The summed E-state index contributed by atoms with van der Waals surface area (Å²) < 4.78 is 8.02. The van der Waals surface area contributed by atoms with Crippen molar-refractivity contribution in [3.63, 3.8) is 0 Å². The highest BCUT2D eigenvalue weighted by molar-refractivity contribution is 8.26. The van der Waals surface area contributed by atoms with Gasteiger partial charge in [-0.25, -0.2) is 4.68 Å². The number of rotatable bonds is 6. The Balaban J connectivity index is 1.79. The number of likely N-dealkylation sites (N-methyl/N-ethyl adjacent to an activating group) is 1. The standard InChI is InChI=1S/C23H20ClN3O2S2/c1-3-11-29-19-10-9-15(12-18(19)24)21-16(13-20-22(28)26(2)23(30)31-20)14-27(25-21)17-7-5-4-6-8-17/h4-10,12-14H,3,11H2,1-2H3. The number of para-hydroxylation sites is 1. The van der Waals surface area contributed by atoms with E-state index in [1.165, 1.54) is 16.7 Å². The number of benzene rings is 2. The van der Waals surface area contributed by atoms with E-state index in [2.05, 4.69) is 0 Å². The predicted molar refractivity (Wildman–Crippen MR) is 131 cm³/mol. The maximum Gasteiger partial charge on any atom is 0.265 e. The Morgan fingerprint density at radius 3 is 2.65 bits per heavy atom. The zero-order chi connectivity index (χ0) is 22.0. The van der Waals surface area contributed by atoms with Gasteiger partial charge in [0.15, 0.2) is 0 Å². The molecule has 0 atom stereocenters. The summed E-state index contributed by atoms with van der Waals surface area (Å²) in [5.74, 6) is 0.526. The number of amides is 1. The molecule has 0 aliphatic carbocycles. The Bertz CT molecular complexity index is 1170. The van der Waals surface area contributed by atoms with Gasteiger partial charge in [-0.1, -0.05) is 60.7 Å². The van der Waals surface area contributed by atoms with E-state index >= 15 is 0 Å². The van der Waals surface area contributed by atoms with Gasteiger partial charge in [-0.3, -0.25) is 9.69 Å². The fourth-order valence-electron chi connectivity index (χ4n) is 3.09. The van der Waals surface area contributed by atoms with E-state index in [0.717, 1.165) is 23.2 Å². The second-order valence-electron chi connectivity index (χ2n) is 6.95. The lowest BCUT2D eigenvalue weighted by atomic mass is 10.1.